The second-order valence-electron chi connectivity index (χ2n) is 8.31. The zero-order chi connectivity index (χ0) is 20.4. The van der Waals surface area contributed by atoms with E-state index < -0.39 is 17.0 Å². The molecule has 1 aromatic rings. The van der Waals surface area contributed by atoms with E-state index in [4.69, 9.17) is 4.74 Å². The van der Waals surface area contributed by atoms with Crippen molar-refractivity contribution in [3.05, 3.63) is 35.4 Å². The van der Waals surface area contributed by atoms with Crippen molar-refractivity contribution in [1.29, 1.82) is 0 Å². The fourth-order valence-electron chi connectivity index (χ4n) is 4.74. The van der Waals surface area contributed by atoms with Gasteiger partial charge >= 0.3 is 0 Å². The van der Waals surface area contributed by atoms with Crippen molar-refractivity contribution >= 4 is 11.8 Å². The zero-order valence-electron chi connectivity index (χ0n) is 16.5. The first kappa shape index (κ1) is 20.2. The Kier molecular flexibility index (Phi) is 5.83. The lowest BCUT2D eigenvalue weighted by Gasteiger charge is -2.39. The number of ether oxygens (including phenoxy) is 1. The van der Waals surface area contributed by atoms with E-state index in [0.29, 0.717) is 51.5 Å². The first-order chi connectivity index (χ1) is 14.0. The molecule has 0 radical (unpaired) electrons. The number of halogens is 2. The maximum absolute atomic E-state index is 13.5. The topological polar surface area (TPSA) is 53.1 Å². The summed E-state index contributed by atoms with van der Waals surface area (Å²) in [7, 11) is 0. The lowest BCUT2D eigenvalue weighted by molar-refractivity contribution is -0.147. The highest BCUT2D eigenvalue weighted by atomic mass is 19.2. The van der Waals surface area contributed by atoms with E-state index in [1.165, 1.54) is 6.07 Å². The minimum atomic E-state index is -0.893. The number of likely N-dealkylation sites (tertiary alicyclic amines) is 2. The summed E-state index contributed by atoms with van der Waals surface area (Å²) in [5.74, 6) is -1.62. The minimum absolute atomic E-state index is 0.0646. The van der Waals surface area contributed by atoms with Crippen LogP contribution in [0.15, 0.2) is 18.2 Å². The molecule has 0 saturated carbocycles. The summed E-state index contributed by atoms with van der Waals surface area (Å²) in [5, 5.41) is 0. The van der Waals surface area contributed by atoms with Crippen LogP contribution in [-0.4, -0.2) is 79.0 Å². The smallest absolute Gasteiger partial charge is 0.236 e. The van der Waals surface area contributed by atoms with Gasteiger partial charge in [0, 0.05) is 32.7 Å². The molecule has 3 heterocycles. The van der Waals surface area contributed by atoms with Crippen LogP contribution in [0.1, 0.15) is 24.8 Å². The van der Waals surface area contributed by atoms with Gasteiger partial charge in [-0.05, 0) is 43.5 Å². The van der Waals surface area contributed by atoms with Crippen LogP contribution in [0, 0.1) is 17.0 Å². The highest BCUT2D eigenvalue weighted by Gasteiger charge is 2.48. The van der Waals surface area contributed by atoms with E-state index in [0.717, 1.165) is 37.9 Å². The van der Waals surface area contributed by atoms with Gasteiger partial charge in [-0.15, -0.1) is 0 Å². The summed E-state index contributed by atoms with van der Waals surface area (Å²) in [6.45, 7) is 4.93. The Morgan fingerprint density at radius 1 is 1.07 bits per heavy atom. The van der Waals surface area contributed by atoms with Gasteiger partial charge in [-0.3, -0.25) is 14.5 Å². The van der Waals surface area contributed by atoms with Crippen molar-refractivity contribution < 1.29 is 23.1 Å². The van der Waals surface area contributed by atoms with Crippen LogP contribution < -0.4 is 0 Å². The van der Waals surface area contributed by atoms with Gasteiger partial charge in [-0.2, -0.15) is 0 Å². The number of piperidine rings is 1. The number of amides is 2. The SMILES string of the molecule is O=C(CN1CC[C@]2(CCCN(Cc3ccc(F)c(F)c3)C2=O)C1)N1CCOCC1. The highest BCUT2D eigenvalue weighted by Crippen LogP contribution is 2.40. The Hall–Kier alpha value is -2.06. The molecule has 0 bridgehead atoms. The van der Waals surface area contributed by atoms with Gasteiger partial charge in [0.15, 0.2) is 11.6 Å². The number of benzene rings is 1. The highest BCUT2D eigenvalue weighted by molar-refractivity contribution is 5.84. The fourth-order valence-corrected chi connectivity index (χ4v) is 4.74. The predicted molar refractivity (Wildman–Crippen MR) is 102 cm³/mol. The Morgan fingerprint density at radius 2 is 1.86 bits per heavy atom. The Labute approximate surface area is 169 Å². The van der Waals surface area contributed by atoms with Crippen molar-refractivity contribution in [2.75, 3.05) is 52.5 Å². The van der Waals surface area contributed by atoms with E-state index in [2.05, 4.69) is 4.90 Å². The molecule has 29 heavy (non-hydrogen) atoms. The lowest BCUT2D eigenvalue weighted by atomic mass is 9.78. The molecule has 0 unspecified atom stereocenters. The van der Waals surface area contributed by atoms with Crippen LogP contribution in [0.25, 0.3) is 0 Å². The normalized spacial score (nSPS) is 25.8. The number of hydrogen-bond donors (Lipinski definition) is 0. The van der Waals surface area contributed by atoms with Crippen molar-refractivity contribution in [1.82, 2.24) is 14.7 Å². The number of hydrogen-bond acceptors (Lipinski definition) is 4. The van der Waals surface area contributed by atoms with Crippen LogP contribution >= 0.6 is 0 Å². The number of morpholine rings is 1. The van der Waals surface area contributed by atoms with Crippen molar-refractivity contribution in [3.63, 3.8) is 0 Å². The molecule has 0 aliphatic carbocycles. The summed E-state index contributed by atoms with van der Waals surface area (Å²) >= 11 is 0. The maximum atomic E-state index is 13.5. The third-order valence-corrected chi connectivity index (χ3v) is 6.34. The van der Waals surface area contributed by atoms with Gasteiger partial charge in [0.05, 0.1) is 25.2 Å². The summed E-state index contributed by atoms with van der Waals surface area (Å²) < 4.78 is 32.0. The predicted octanol–water partition coefficient (Wildman–Crippen LogP) is 1.64. The standard InChI is InChI=1S/C21H27F2N3O3/c22-17-3-2-16(12-18(17)23)13-26-6-1-4-21(20(26)28)5-7-24(15-21)14-19(27)25-8-10-29-11-9-25/h2-3,12H,1,4-11,13-15H2/t21-/m1/s1. The van der Waals surface area contributed by atoms with Crippen LogP contribution in [-0.2, 0) is 20.9 Å². The van der Waals surface area contributed by atoms with Crippen LogP contribution in [0.3, 0.4) is 0 Å². The maximum Gasteiger partial charge on any atom is 0.236 e. The van der Waals surface area contributed by atoms with Crippen LogP contribution in [0.5, 0.6) is 0 Å². The third-order valence-electron chi connectivity index (χ3n) is 6.34. The largest absolute Gasteiger partial charge is 0.378 e. The van der Waals surface area contributed by atoms with E-state index in [1.807, 2.05) is 4.90 Å². The van der Waals surface area contributed by atoms with Gasteiger partial charge in [-0.1, -0.05) is 6.07 Å². The van der Waals surface area contributed by atoms with Gasteiger partial charge in [0.25, 0.3) is 0 Å². The number of carbonyl (C=O) groups excluding carboxylic acids is 2. The van der Waals surface area contributed by atoms with E-state index in [-0.39, 0.29) is 18.4 Å². The molecule has 1 atom stereocenters. The number of carbonyl (C=O) groups is 2. The summed E-state index contributed by atoms with van der Waals surface area (Å²) in [6.07, 6.45) is 2.42. The second kappa shape index (κ2) is 8.36. The van der Waals surface area contributed by atoms with Gasteiger partial charge in [-0.25, -0.2) is 8.78 Å². The van der Waals surface area contributed by atoms with Crippen molar-refractivity contribution in [2.24, 2.45) is 5.41 Å². The molecule has 6 nitrogen and oxygen atoms in total. The molecule has 1 spiro atoms. The van der Waals surface area contributed by atoms with Crippen molar-refractivity contribution in [2.45, 2.75) is 25.8 Å². The van der Waals surface area contributed by atoms with E-state index >= 15 is 0 Å². The summed E-state index contributed by atoms with van der Waals surface area (Å²) in [6, 6.07) is 3.78. The molecule has 1 aromatic carbocycles. The average molecular weight is 407 g/mol. The van der Waals surface area contributed by atoms with Gasteiger partial charge in [0.2, 0.25) is 11.8 Å². The third kappa shape index (κ3) is 4.28. The summed E-state index contributed by atoms with van der Waals surface area (Å²) in [5.41, 5.74) is 0.119. The molecule has 3 fully saturated rings. The monoisotopic (exact) mass is 407 g/mol. The molecule has 4 rings (SSSR count). The second-order valence-corrected chi connectivity index (χ2v) is 8.31. The average Bonchev–Trinajstić information content (AvgIpc) is 3.12. The van der Waals surface area contributed by atoms with E-state index in [9.17, 15) is 18.4 Å². The van der Waals surface area contributed by atoms with E-state index in [1.54, 1.807) is 4.90 Å². The number of rotatable bonds is 4. The molecule has 0 N–H and O–H groups in total. The Bertz CT molecular complexity index is 784. The van der Waals surface area contributed by atoms with Gasteiger partial charge in [0.1, 0.15) is 0 Å². The summed E-state index contributed by atoms with van der Waals surface area (Å²) in [4.78, 5) is 31.5. The first-order valence-electron chi connectivity index (χ1n) is 10.3. The Balaban J connectivity index is 1.38. The Morgan fingerprint density at radius 3 is 2.62 bits per heavy atom. The van der Waals surface area contributed by atoms with Crippen molar-refractivity contribution in [3.8, 4) is 0 Å². The van der Waals surface area contributed by atoms with Gasteiger partial charge < -0.3 is 14.5 Å². The molecule has 8 heteroatoms. The molecule has 3 aliphatic rings. The molecule has 3 aliphatic heterocycles. The molecular weight excluding hydrogens is 380 g/mol. The molecule has 3 saturated heterocycles. The van der Waals surface area contributed by atoms with Crippen LogP contribution in [0.2, 0.25) is 0 Å². The molecule has 0 aromatic heterocycles. The zero-order valence-corrected chi connectivity index (χ0v) is 16.5. The number of nitrogens with zero attached hydrogens (tertiary/aromatic N) is 3. The van der Waals surface area contributed by atoms with Crippen LogP contribution in [0.4, 0.5) is 8.78 Å². The molecule has 158 valence electrons. The molecule has 2 amide bonds. The first-order valence-corrected chi connectivity index (χ1v) is 10.3. The lowest BCUT2D eigenvalue weighted by Crippen LogP contribution is -2.50. The fraction of sp³-hybridized carbons (Fsp3) is 0.619. The minimum Gasteiger partial charge on any atom is -0.378 e. The molecular formula is C21H27F2N3O3. The quantitative estimate of drug-likeness (QED) is 0.762.